The Morgan fingerprint density at radius 1 is 1.13 bits per heavy atom. The lowest BCUT2D eigenvalue weighted by Gasteiger charge is -2.47. The highest BCUT2D eigenvalue weighted by molar-refractivity contribution is 7.92. The highest BCUT2D eigenvalue weighted by atomic mass is 35.5. The number of halogens is 1. The van der Waals surface area contributed by atoms with E-state index in [9.17, 15) is 13.2 Å². The van der Waals surface area contributed by atoms with Gasteiger partial charge in [0, 0.05) is 18.1 Å². The van der Waals surface area contributed by atoms with Crippen LogP contribution < -0.4 is 5.73 Å². The second-order valence-electron chi connectivity index (χ2n) is 7.59. The molecule has 3 rings (SSSR count). The Labute approximate surface area is 145 Å². The van der Waals surface area contributed by atoms with Crippen LogP contribution in [-0.2, 0) is 14.6 Å². The van der Waals surface area contributed by atoms with Crippen molar-refractivity contribution in [1.29, 1.82) is 0 Å². The van der Waals surface area contributed by atoms with E-state index in [1.54, 1.807) is 0 Å². The third-order valence-electron chi connectivity index (χ3n) is 5.98. The molecule has 3 aliphatic rings. The van der Waals surface area contributed by atoms with Gasteiger partial charge in [-0.3, -0.25) is 4.79 Å². The van der Waals surface area contributed by atoms with Gasteiger partial charge in [-0.1, -0.05) is 25.7 Å². The van der Waals surface area contributed by atoms with Crippen LogP contribution in [0.5, 0.6) is 0 Å². The van der Waals surface area contributed by atoms with E-state index in [1.165, 1.54) is 0 Å². The number of carbonyl (C=O) groups is 1. The van der Waals surface area contributed by atoms with E-state index >= 15 is 0 Å². The minimum Gasteiger partial charge on any atom is -0.337 e. The minimum absolute atomic E-state index is 0. The van der Waals surface area contributed by atoms with E-state index in [1.807, 2.05) is 11.8 Å². The number of sulfone groups is 1. The normalized spacial score (nSPS) is 39.9. The molecule has 1 saturated heterocycles. The molecule has 4 atom stereocenters. The first-order chi connectivity index (χ1) is 10.3. The van der Waals surface area contributed by atoms with Crippen LogP contribution in [0, 0.1) is 5.92 Å². The summed E-state index contributed by atoms with van der Waals surface area (Å²) in [5.41, 5.74) is 5.94. The largest absolute Gasteiger partial charge is 0.337 e. The number of rotatable bonds is 1. The number of fused-ring (bicyclic) bond motifs is 1. The van der Waals surface area contributed by atoms with Crippen molar-refractivity contribution in [3.05, 3.63) is 0 Å². The van der Waals surface area contributed by atoms with Crippen LogP contribution in [0.4, 0.5) is 0 Å². The Morgan fingerprint density at radius 3 is 2.48 bits per heavy atom. The Balaban J connectivity index is 0.00000192. The Morgan fingerprint density at radius 2 is 1.78 bits per heavy atom. The number of carbonyl (C=O) groups excluding carboxylic acids is 1. The summed E-state index contributed by atoms with van der Waals surface area (Å²) >= 11 is 0. The molecule has 5 nitrogen and oxygen atoms in total. The highest BCUT2D eigenvalue weighted by Crippen LogP contribution is 2.37. The zero-order chi connectivity index (χ0) is 16.0. The second kappa shape index (κ2) is 6.89. The van der Waals surface area contributed by atoms with Gasteiger partial charge in [-0.05, 0) is 32.6 Å². The lowest BCUT2D eigenvalue weighted by Crippen LogP contribution is -2.62. The van der Waals surface area contributed by atoms with Gasteiger partial charge in [-0.15, -0.1) is 12.4 Å². The molecule has 0 aromatic rings. The van der Waals surface area contributed by atoms with Crippen molar-refractivity contribution in [3.63, 3.8) is 0 Å². The third kappa shape index (κ3) is 3.54. The first-order valence-corrected chi connectivity index (χ1v) is 10.4. The molecule has 1 aliphatic heterocycles. The molecule has 2 N–H and O–H groups in total. The van der Waals surface area contributed by atoms with Crippen LogP contribution in [0.2, 0.25) is 0 Å². The first kappa shape index (κ1) is 19.0. The van der Waals surface area contributed by atoms with Gasteiger partial charge in [0.05, 0.1) is 16.9 Å². The number of nitrogens with two attached hydrogens (primary N) is 1. The highest BCUT2D eigenvalue weighted by Gasteiger charge is 2.48. The summed E-state index contributed by atoms with van der Waals surface area (Å²) in [5.74, 6) is 0.0783. The van der Waals surface area contributed by atoms with E-state index in [2.05, 4.69) is 0 Å². The molecular weight excluding hydrogens is 336 g/mol. The third-order valence-corrected chi connectivity index (χ3v) is 8.21. The van der Waals surface area contributed by atoms with Crippen LogP contribution in [-0.4, -0.2) is 48.4 Å². The summed E-state index contributed by atoms with van der Waals surface area (Å²) in [5, 5.41) is -0.341. The van der Waals surface area contributed by atoms with E-state index in [-0.39, 0.29) is 41.3 Å². The first-order valence-electron chi connectivity index (χ1n) is 8.64. The van der Waals surface area contributed by atoms with Crippen LogP contribution in [0.3, 0.4) is 0 Å². The zero-order valence-corrected chi connectivity index (χ0v) is 15.5. The minimum atomic E-state index is -3.03. The van der Waals surface area contributed by atoms with Crippen LogP contribution in [0.1, 0.15) is 58.3 Å². The summed E-state index contributed by atoms with van der Waals surface area (Å²) in [7, 11) is -3.03. The van der Waals surface area contributed by atoms with Crippen LogP contribution >= 0.6 is 12.4 Å². The van der Waals surface area contributed by atoms with Gasteiger partial charge in [0.15, 0.2) is 9.84 Å². The number of amides is 1. The van der Waals surface area contributed by atoms with E-state index in [4.69, 9.17) is 5.73 Å². The van der Waals surface area contributed by atoms with Crippen molar-refractivity contribution in [2.75, 3.05) is 12.3 Å². The molecule has 1 amide bonds. The maximum absolute atomic E-state index is 13.1. The van der Waals surface area contributed by atoms with Crippen molar-refractivity contribution in [2.45, 2.75) is 75.1 Å². The lowest BCUT2D eigenvalue weighted by atomic mass is 9.73. The fourth-order valence-corrected chi connectivity index (χ4v) is 6.67. The van der Waals surface area contributed by atoms with E-state index in [0.29, 0.717) is 13.0 Å². The molecular formula is C16H29ClN2O3S. The number of hydrogen-bond donors (Lipinski definition) is 1. The van der Waals surface area contributed by atoms with Gasteiger partial charge in [-0.25, -0.2) is 8.42 Å². The average molecular weight is 365 g/mol. The van der Waals surface area contributed by atoms with Crippen molar-refractivity contribution < 1.29 is 13.2 Å². The summed E-state index contributed by atoms with van der Waals surface area (Å²) < 4.78 is 24.7. The molecule has 0 aromatic carbocycles. The van der Waals surface area contributed by atoms with Crippen molar-refractivity contribution in [3.8, 4) is 0 Å². The molecule has 0 spiro atoms. The fourth-order valence-electron chi connectivity index (χ4n) is 4.63. The predicted molar refractivity (Wildman–Crippen MR) is 93.3 cm³/mol. The fraction of sp³-hybridized carbons (Fsp3) is 0.938. The molecule has 2 aliphatic carbocycles. The van der Waals surface area contributed by atoms with Gasteiger partial charge in [0.25, 0.3) is 0 Å². The molecule has 0 bridgehead atoms. The second-order valence-corrected chi connectivity index (χ2v) is 9.93. The SMILES string of the molecule is CC1(N)CCCCC1C(=O)N1CCS(=O)(=O)C2CCCCC21.Cl. The number of hydrogen-bond acceptors (Lipinski definition) is 4. The van der Waals surface area contributed by atoms with Gasteiger partial charge in [0.2, 0.25) is 5.91 Å². The van der Waals surface area contributed by atoms with Crippen molar-refractivity contribution in [1.82, 2.24) is 4.90 Å². The molecule has 1 heterocycles. The van der Waals surface area contributed by atoms with E-state index < -0.39 is 15.4 Å². The standard InChI is InChI=1S/C16H28N2O3S.ClH/c1-16(17)9-5-4-6-12(16)15(19)18-10-11-22(20,21)14-8-3-2-7-13(14)18;/h12-14H,2-11,17H2,1H3;1H. The summed E-state index contributed by atoms with van der Waals surface area (Å²) in [6, 6.07) is -0.113. The smallest absolute Gasteiger partial charge is 0.227 e. The topological polar surface area (TPSA) is 80.5 Å². The van der Waals surface area contributed by atoms with Gasteiger partial charge in [-0.2, -0.15) is 0 Å². The predicted octanol–water partition coefficient (Wildman–Crippen LogP) is 1.88. The quantitative estimate of drug-likeness (QED) is 0.770. The molecule has 23 heavy (non-hydrogen) atoms. The average Bonchev–Trinajstić information content (AvgIpc) is 2.46. The Kier molecular flexibility index (Phi) is 5.69. The number of nitrogens with zero attached hydrogens (tertiary/aromatic N) is 1. The molecule has 0 radical (unpaired) electrons. The monoisotopic (exact) mass is 364 g/mol. The maximum Gasteiger partial charge on any atom is 0.227 e. The Hall–Kier alpha value is -0.330. The molecule has 4 unspecified atom stereocenters. The Bertz CT molecular complexity index is 550. The maximum atomic E-state index is 13.1. The van der Waals surface area contributed by atoms with Crippen molar-refractivity contribution in [2.24, 2.45) is 11.7 Å². The summed E-state index contributed by atoms with van der Waals surface area (Å²) in [6.45, 7) is 2.34. The van der Waals surface area contributed by atoms with Gasteiger partial charge < -0.3 is 10.6 Å². The molecule has 134 valence electrons. The van der Waals surface area contributed by atoms with Crippen LogP contribution in [0.25, 0.3) is 0 Å². The summed E-state index contributed by atoms with van der Waals surface area (Å²) in [4.78, 5) is 15.0. The molecule has 0 aromatic heterocycles. The zero-order valence-electron chi connectivity index (χ0n) is 13.9. The molecule has 7 heteroatoms. The molecule has 2 saturated carbocycles. The van der Waals surface area contributed by atoms with Gasteiger partial charge >= 0.3 is 0 Å². The van der Waals surface area contributed by atoms with Gasteiger partial charge in [0.1, 0.15) is 0 Å². The van der Waals surface area contributed by atoms with Crippen molar-refractivity contribution >= 4 is 28.2 Å². The lowest BCUT2D eigenvalue weighted by molar-refractivity contribution is -0.142. The summed E-state index contributed by atoms with van der Waals surface area (Å²) in [6.07, 6.45) is 7.35. The van der Waals surface area contributed by atoms with Crippen LogP contribution in [0.15, 0.2) is 0 Å². The molecule has 3 fully saturated rings. The van der Waals surface area contributed by atoms with E-state index in [0.717, 1.165) is 44.9 Å².